The van der Waals surface area contributed by atoms with E-state index in [9.17, 15) is 9.59 Å². The summed E-state index contributed by atoms with van der Waals surface area (Å²) >= 11 is 0. The summed E-state index contributed by atoms with van der Waals surface area (Å²) in [5.41, 5.74) is 2.05. The molecule has 7 heteroatoms. The third-order valence-electron chi connectivity index (χ3n) is 4.17. The van der Waals surface area contributed by atoms with Crippen LogP contribution in [-0.4, -0.2) is 52.3 Å². The standard InChI is InChI=1S/C18H22N4O3/c1-21-10-15(9-20-21)7-8-19-18(24)16-12-25-13-17(23)22(16)11-14-5-3-2-4-6-14/h2-6,9-10,16H,7-8,11-13H2,1H3,(H,19,24). The quantitative estimate of drug-likeness (QED) is 0.830. The van der Waals surface area contributed by atoms with Crippen LogP contribution < -0.4 is 5.32 Å². The fourth-order valence-corrected chi connectivity index (χ4v) is 2.85. The molecule has 0 radical (unpaired) electrons. The minimum absolute atomic E-state index is 0.0201. The molecule has 1 N–H and O–H groups in total. The number of hydrogen-bond donors (Lipinski definition) is 1. The number of carbonyl (C=O) groups is 2. The first-order valence-corrected chi connectivity index (χ1v) is 8.30. The minimum Gasteiger partial charge on any atom is -0.369 e. The van der Waals surface area contributed by atoms with Gasteiger partial charge in [-0.2, -0.15) is 5.10 Å². The predicted molar refractivity (Wildman–Crippen MR) is 91.5 cm³/mol. The molecule has 7 nitrogen and oxygen atoms in total. The van der Waals surface area contributed by atoms with E-state index >= 15 is 0 Å². The van der Waals surface area contributed by atoms with Crippen LogP contribution in [-0.2, 0) is 34.3 Å². The summed E-state index contributed by atoms with van der Waals surface area (Å²) in [4.78, 5) is 26.4. The topological polar surface area (TPSA) is 76.5 Å². The Morgan fingerprint density at radius 2 is 2.12 bits per heavy atom. The zero-order valence-electron chi connectivity index (χ0n) is 14.2. The molecule has 1 aliphatic heterocycles. The average molecular weight is 342 g/mol. The number of ether oxygens (including phenoxy) is 1. The Balaban J connectivity index is 1.59. The molecule has 3 rings (SSSR count). The Bertz CT molecular complexity index is 729. The molecule has 2 heterocycles. The summed E-state index contributed by atoms with van der Waals surface area (Å²) in [6.45, 7) is 1.14. The second-order valence-corrected chi connectivity index (χ2v) is 6.10. The van der Waals surface area contributed by atoms with E-state index in [0.29, 0.717) is 19.5 Å². The summed E-state index contributed by atoms with van der Waals surface area (Å²) in [6, 6.07) is 9.05. The Labute approximate surface area is 146 Å². The van der Waals surface area contributed by atoms with E-state index in [1.807, 2.05) is 43.6 Å². The third-order valence-corrected chi connectivity index (χ3v) is 4.17. The Hall–Kier alpha value is -2.67. The van der Waals surface area contributed by atoms with Gasteiger partial charge in [-0.15, -0.1) is 0 Å². The van der Waals surface area contributed by atoms with Crippen LogP contribution in [0.2, 0.25) is 0 Å². The van der Waals surface area contributed by atoms with Gasteiger partial charge in [-0.05, 0) is 17.5 Å². The third kappa shape index (κ3) is 4.45. The summed E-state index contributed by atoms with van der Waals surface area (Å²) in [6.07, 6.45) is 4.39. The molecule has 0 saturated carbocycles. The van der Waals surface area contributed by atoms with Gasteiger partial charge < -0.3 is 15.0 Å². The van der Waals surface area contributed by atoms with Crippen LogP contribution in [0.5, 0.6) is 0 Å². The Kier molecular flexibility index (Phi) is 5.45. The molecule has 2 amide bonds. The van der Waals surface area contributed by atoms with Gasteiger partial charge in [0.15, 0.2) is 0 Å². The number of aromatic nitrogens is 2. The molecule has 132 valence electrons. The zero-order valence-corrected chi connectivity index (χ0v) is 14.2. The van der Waals surface area contributed by atoms with Crippen LogP contribution in [0, 0.1) is 0 Å². The molecule has 2 aromatic rings. The van der Waals surface area contributed by atoms with E-state index in [-0.39, 0.29) is 25.0 Å². The normalized spacial score (nSPS) is 17.6. The number of rotatable bonds is 6. The molecular weight excluding hydrogens is 320 g/mol. The van der Waals surface area contributed by atoms with E-state index in [1.165, 1.54) is 0 Å². The average Bonchev–Trinajstić information content (AvgIpc) is 3.03. The van der Waals surface area contributed by atoms with Gasteiger partial charge in [0.05, 0.1) is 12.8 Å². The molecule has 1 aromatic carbocycles. The second-order valence-electron chi connectivity index (χ2n) is 6.10. The van der Waals surface area contributed by atoms with Crippen molar-refractivity contribution in [2.24, 2.45) is 7.05 Å². The monoisotopic (exact) mass is 342 g/mol. The van der Waals surface area contributed by atoms with Crippen molar-refractivity contribution in [1.29, 1.82) is 0 Å². The smallest absolute Gasteiger partial charge is 0.249 e. The number of benzene rings is 1. The molecular formula is C18H22N4O3. The van der Waals surface area contributed by atoms with E-state index < -0.39 is 6.04 Å². The molecule has 1 fully saturated rings. The fourth-order valence-electron chi connectivity index (χ4n) is 2.85. The predicted octanol–water partition coefficient (Wildman–Crippen LogP) is 0.506. The van der Waals surface area contributed by atoms with Crippen LogP contribution in [0.3, 0.4) is 0 Å². The molecule has 1 saturated heterocycles. The van der Waals surface area contributed by atoms with Crippen molar-refractivity contribution in [1.82, 2.24) is 20.0 Å². The number of aryl methyl sites for hydroxylation is 1. The van der Waals surface area contributed by atoms with Gasteiger partial charge >= 0.3 is 0 Å². The molecule has 1 atom stereocenters. The molecule has 25 heavy (non-hydrogen) atoms. The van der Waals surface area contributed by atoms with Crippen molar-refractivity contribution < 1.29 is 14.3 Å². The maximum atomic E-state index is 12.5. The SMILES string of the molecule is Cn1cc(CCNC(=O)C2COCC(=O)N2Cc2ccccc2)cn1. The molecule has 1 unspecified atom stereocenters. The van der Waals surface area contributed by atoms with Crippen molar-refractivity contribution in [3.05, 3.63) is 53.9 Å². The summed E-state index contributed by atoms with van der Waals surface area (Å²) in [5, 5.41) is 7.00. The van der Waals surface area contributed by atoms with Crippen molar-refractivity contribution in [3.8, 4) is 0 Å². The molecule has 0 bridgehead atoms. The highest BCUT2D eigenvalue weighted by Gasteiger charge is 2.33. The van der Waals surface area contributed by atoms with Gasteiger partial charge in [0.1, 0.15) is 12.6 Å². The lowest BCUT2D eigenvalue weighted by molar-refractivity contribution is -0.155. The van der Waals surface area contributed by atoms with Crippen molar-refractivity contribution in [2.45, 2.75) is 19.0 Å². The van der Waals surface area contributed by atoms with Gasteiger partial charge in [0, 0.05) is 26.3 Å². The largest absolute Gasteiger partial charge is 0.369 e. The number of hydrogen-bond acceptors (Lipinski definition) is 4. The number of morpholine rings is 1. The van der Waals surface area contributed by atoms with Crippen LogP contribution in [0.15, 0.2) is 42.7 Å². The van der Waals surface area contributed by atoms with Gasteiger partial charge in [-0.3, -0.25) is 14.3 Å². The van der Waals surface area contributed by atoms with Crippen molar-refractivity contribution in [2.75, 3.05) is 19.8 Å². The van der Waals surface area contributed by atoms with Crippen molar-refractivity contribution >= 4 is 11.8 Å². The van der Waals surface area contributed by atoms with E-state index in [2.05, 4.69) is 10.4 Å². The van der Waals surface area contributed by atoms with Gasteiger partial charge in [-0.1, -0.05) is 30.3 Å². The molecule has 0 aliphatic carbocycles. The second kappa shape index (κ2) is 7.94. The van der Waals surface area contributed by atoms with Gasteiger partial charge in [0.2, 0.25) is 11.8 Å². The van der Waals surface area contributed by atoms with Crippen LogP contribution in [0.1, 0.15) is 11.1 Å². The van der Waals surface area contributed by atoms with Crippen molar-refractivity contribution in [3.63, 3.8) is 0 Å². The van der Waals surface area contributed by atoms with Crippen LogP contribution in [0.4, 0.5) is 0 Å². The molecule has 1 aliphatic rings. The highest BCUT2D eigenvalue weighted by molar-refractivity contribution is 5.89. The lowest BCUT2D eigenvalue weighted by Gasteiger charge is -2.34. The number of carbonyl (C=O) groups excluding carboxylic acids is 2. The zero-order chi connectivity index (χ0) is 17.6. The van der Waals surface area contributed by atoms with E-state index in [4.69, 9.17) is 4.74 Å². The van der Waals surface area contributed by atoms with Gasteiger partial charge in [-0.25, -0.2) is 0 Å². The lowest BCUT2D eigenvalue weighted by atomic mass is 10.1. The number of nitrogens with zero attached hydrogens (tertiary/aromatic N) is 3. The maximum absolute atomic E-state index is 12.5. The minimum atomic E-state index is -0.602. The first-order valence-electron chi connectivity index (χ1n) is 8.30. The van der Waals surface area contributed by atoms with Gasteiger partial charge in [0.25, 0.3) is 0 Å². The fraction of sp³-hybridized carbons (Fsp3) is 0.389. The van der Waals surface area contributed by atoms with E-state index in [1.54, 1.807) is 15.8 Å². The summed E-state index contributed by atoms with van der Waals surface area (Å²) in [7, 11) is 1.86. The molecule has 1 aromatic heterocycles. The number of amides is 2. The van der Waals surface area contributed by atoms with Crippen LogP contribution >= 0.6 is 0 Å². The molecule has 0 spiro atoms. The number of nitrogens with one attached hydrogen (secondary N) is 1. The van der Waals surface area contributed by atoms with Crippen LogP contribution in [0.25, 0.3) is 0 Å². The Morgan fingerprint density at radius 1 is 1.32 bits per heavy atom. The first-order chi connectivity index (χ1) is 12.1. The lowest BCUT2D eigenvalue weighted by Crippen LogP contribution is -2.56. The maximum Gasteiger partial charge on any atom is 0.249 e. The highest BCUT2D eigenvalue weighted by Crippen LogP contribution is 2.14. The first kappa shape index (κ1) is 17.2. The Morgan fingerprint density at radius 3 is 2.84 bits per heavy atom. The highest BCUT2D eigenvalue weighted by atomic mass is 16.5. The summed E-state index contributed by atoms with van der Waals surface area (Å²) in [5.74, 6) is -0.351. The summed E-state index contributed by atoms with van der Waals surface area (Å²) < 4.78 is 7.01. The van der Waals surface area contributed by atoms with E-state index in [0.717, 1.165) is 11.1 Å².